The van der Waals surface area contributed by atoms with Crippen LogP contribution < -0.4 is 4.90 Å². The number of nitrogens with zero attached hydrogens (tertiary/aromatic N) is 6. The monoisotopic (exact) mass is 613 g/mol. The molecule has 7 rings (SSSR count). The SMILES string of the molecule is C=CC(=O)N1CC2(CC(n3nc(N4CCN(CCOC(F)F)CC45CCC5)c(-c4c(Cl)c(C)cc5[nH]ncc45)c3C)C2)C1. The van der Waals surface area contributed by atoms with E-state index in [-0.39, 0.29) is 29.5 Å². The van der Waals surface area contributed by atoms with Gasteiger partial charge in [0.25, 0.3) is 0 Å². The zero-order valence-electron chi connectivity index (χ0n) is 24.7. The summed E-state index contributed by atoms with van der Waals surface area (Å²) in [6.07, 6.45) is 8.34. The maximum absolute atomic E-state index is 12.6. The van der Waals surface area contributed by atoms with Gasteiger partial charge in [-0.2, -0.15) is 19.0 Å². The van der Waals surface area contributed by atoms with E-state index >= 15 is 0 Å². The molecule has 1 N–H and O–H groups in total. The zero-order valence-corrected chi connectivity index (χ0v) is 25.5. The Balaban J connectivity index is 1.25. The number of aryl methyl sites for hydroxylation is 1. The number of rotatable bonds is 8. The summed E-state index contributed by atoms with van der Waals surface area (Å²) < 4.78 is 32.1. The van der Waals surface area contributed by atoms with Crippen molar-refractivity contribution in [2.45, 2.75) is 64.1 Å². The van der Waals surface area contributed by atoms with E-state index in [2.05, 4.69) is 42.9 Å². The number of carbonyl (C=O) groups is 1. The smallest absolute Gasteiger partial charge is 0.345 e. The lowest BCUT2D eigenvalue weighted by atomic mass is 9.60. The van der Waals surface area contributed by atoms with Crippen LogP contribution in [0.2, 0.25) is 5.02 Å². The Morgan fingerprint density at radius 1 is 1.23 bits per heavy atom. The van der Waals surface area contributed by atoms with E-state index in [1.54, 1.807) is 0 Å². The van der Waals surface area contributed by atoms with E-state index in [0.29, 0.717) is 11.6 Å². The molecule has 0 atom stereocenters. The van der Waals surface area contributed by atoms with E-state index in [9.17, 15) is 13.6 Å². The number of alkyl halides is 2. The van der Waals surface area contributed by atoms with E-state index in [1.165, 1.54) is 6.08 Å². The maximum Gasteiger partial charge on any atom is 0.345 e. The normalized spacial score (nSPS) is 21.4. The number of hydrogen-bond acceptors (Lipinski definition) is 6. The third-order valence-electron chi connectivity index (χ3n) is 10.4. The molecule has 1 amide bonds. The van der Waals surface area contributed by atoms with Gasteiger partial charge in [-0.25, -0.2) is 0 Å². The number of anilines is 1. The molecule has 1 aromatic carbocycles. The van der Waals surface area contributed by atoms with Gasteiger partial charge in [0.15, 0.2) is 5.82 Å². The molecular formula is C31H38ClF2N7O2. The van der Waals surface area contributed by atoms with Crippen LogP contribution in [0.4, 0.5) is 14.6 Å². The fraction of sp³-hybridized carbons (Fsp3) is 0.581. The summed E-state index contributed by atoms with van der Waals surface area (Å²) in [5.74, 6) is 0.937. The summed E-state index contributed by atoms with van der Waals surface area (Å²) in [4.78, 5) is 18.7. The summed E-state index contributed by atoms with van der Waals surface area (Å²) in [5, 5.41) is 14.5. The van der Waals surface area contributed by atoms with Crippen LogP contribution in [-0.4, -0.2) is 93.7 Å². The molecule has 9 nitrogen and oxygen atoms in total. The number of halogens is 3. The van der Waals surface area contributed by atoms with Crippen LogP contribution in [0.5, 0.6) is 0 Å². The van der Waals surface area contributed by atoms with Gasteiger partial charge >= 0.3 is 6.61 Å². The highest BCUT2D eigenvalue weighted by Gasteiger charge is 2.55. The molecule has 2 saturated heterocycles. The first-order valence-corrected chi connectivity index (χ1v) is 15.5. The number of carbonyl (C=O) groups excluding carboxylic acids is 1. The standard InChI is InChI=1S/C31H38ClF2N7O2/c1-4-24(42)39-16-30(17-39)13-21(14-30)41-20(3)25(26-22-15-35-36-23(22)12-19(2)27(26)32)28(37-41)40-9-8-38(10-11-43-29(33)34)18-31(40)6-5-7-31/h4,12,15,21,29H,1,5-11,13-14,16-18H2,2-3H3,(H,35,36). The Hall–Kier alpha value is -3.02. The first-order chi connectivity index (χ1) is 20.6. The minimum atomic E-state index is -2.75. The highest BCUT2D eigenvalue weighted by molar-refractivity contribution is 6.36. The molecule has 230 valence electrons. The molecule has 2 aromatic heterocycles. The number of fused-ring (bicyclic) bond motifs is 1. The lowest BCUT2D eigenvalue weighted by Crippen LogP contribution is -2.66. The first kappa shape index (κ1) is 28.7. The molecule has 2 saturated carbocycles. The molecule has 4 fully saturated rings. The van der Waals surface area contributed by atoms with Crippen molar-refractivity contribution < 1.29 is 18.3 Å². The van der Waals surface area contributed by atoms with Crippen LogP contribution in [0.15, 0.2) is 24.9 Å². The Morgan fingerprint density at radius 3 is 2.67 bits per heavy atom. The molecule has 43 heavy (non-hydrogen) atoms. The van der Waals surface area contributed by atoms with Crippen molar-refractivity contribution in [2.75, 3.05) is 50.8 Å². The second-order valence-electron chi connectivity index (χ2n) is 13.0. The van der Waals surface area contributed by atoms with Crippen molar-refractivity contribution in [1.82, 2.24) is 29.8 Å². The van der Waals surface area contributed by atoms with Crippen molar-refractivity contribution in [1.29, 1.82) is 0 Å². The average molecular weight is 614 g/mol. The first-order valence-electron chi connectivity index (χ1n) is 15.2. The summed E-state index contributed by atoms with van der Waals surface area (Å²) in [6, 6.07) is 2.27. The molecule has 12 heteroatoms. The van der Waals surface area contributed by atoms with E-state index in [1.807, 2.05) is 24.1 Å². The number of H-pyrrole nitrogens is 1. The summed E-state index contributed by atoms with van der Waals surface area (Å²) in [6.45, 7) is 9.34. The van der Waals surface area contributed by atoms with Crippen LogP contribution in [0.25, 0.3) is 22.0 Å². The molecule has 4 aliphatic rings. The molecule has 2 aliphatic heterocycles. The van der Waals surface area contributed by atoms with E-state index in [4.69, 9.17) is 16.7 Å². The second-order valence-corrected chi connectivity index (χ2v) is 13.4. The molecular weight excluding hydrogens is 576 g/mol. The topological polar surface area (TPSA) is 82.5 Å². The number of aromatic amines is 1. The average Bonchev–Trinajstić information content (AvgIpc) is 3.51. The molecule has 2 spiro atoms. The molecule has 3 aromatic rings. The predicted octanol–water partition coefficient (Wildman–Crippen LogP) is 5.33. The van der Waals surface area contributed by atoms with Gasteiger partial charge in [-0.15, -0.1) is 0 Å². The van der Waals surface area contributed by atoms with Crippen molar-refractivity contribution in [3.63, 3.8) is 0 Å². The van der Waals surface area contributed by atoms with Crippen LogP contribution in [-0.2, 0) is 9.53 Å². The number of likely N-dealkylation sites (tertiary alicyclic amines) is 1. The highest BCUT2D eigenvalue weighted by Crippen LogP contribution is 2.56. The van der Waals surface area contributed by atoms with Crippen molar-refractivity contribution in [2.24, 2.45) is 5.41 Å². The maximum atomic E-state index is 12.6. The zero-order chi connectivity index (χ0) is 30.1. The molecule has 0 bridgehead atoms. The Labute approximate surface area is 254 Å². The van der Waals surface area contributed by atoms with Gasteiger partial charge in [-0.1, -0.05) is 18.2 Å². The number of aromatic nitrogens is 4. The quantitative estimate of drug-likeness (QED) is 0.346. The Kier molecular flexibility index (Phi) is 7.05. The van der Waals surface area contributed by atoms with Gasteiger partial charge in [0.05, 0.1) is 34.9 Å². The third-order valence-corrected chi connectivity index (χ3v) is 10.9. The van der Waals surface area contributed by atoms with Gasteiger partial charge < -0.3 is 14.5 Å². The van der Waals surface area contributed by atoms with Gasteiger partial charge in [-0.05, 0) is 63.7 Å². The van der Waals surface area contributed by atoms with Crippen molar-refractivity contribution in [3.8, 4) is 11.1 Å². The minimum absolute atomic E-state index is 0.00200. The van der Waals surface area contributed by atoms with Crippen LogP contribution in [0.3, 0.4) is 0 Å². The summed E-state index contributed by atoms with van der Waals surface area (Å²) >= 11 is 7.12. The van der Waals surface area contributed by atoms with Crippen LogP contribution >= 0.6 is 11.6 Å². The Morgan fingerprint density at radius 2 is 2.00 bits per heavy atom. The van der Waals surface area contributed by atoms with Gasteiger partial charge in [0.1, 0.15) is 0 Å². The highest BCUT2D eigenvalue weighted by atomic mass is 35.5. The third kappa shape index (κ3) is 4.66. The fourth-order valence-electron chi connectivity index (χ4n) is 8.07. The van der Waals surface area contributed by atoms with Crippen molar-refractivity contribution in [3.05, 3.63) is 41.2 Å². The Bertz CT molecular complexity index is 1570. The van der Waals surface area contributed by atoms with E-state index < -0.39 is 6.61 Å². The molecule has 4 heterocycles. The van der Waals surface area contributed by atoms with Gasteiger partial charge in [0, 0.05) is 66.9 Å². The number of ether oxygens (including phenoxy) is 1. The minimum Gasteiger partial charge on any atom is -0.346 e. The van der Waals surface area contributed by atoms with Gasteiger partial charge in [0.2, 0.25) is 5.91 Å². The van der Waals surface area contributed by atoms with Gasteiger partial charge in [-0.3, -0.25) is 19.5 Å². The van der Waals surface area contributed by atoms with E-state index in [0.717, 1.165) is 104 Å². The molecule has 0 radical (unpaired) electrons. The molecule has 0 unspecified atom stereocenters. The van der Waals surface area contributed by atoms with Crippen molar-refractivity contribution >= 4 is 34.2 Å². The lowest BCUT2D eigenvalue weighted by molar-refractivity contribution is -0.149. The predicted molar refractivity (Wildman–Crippen MR) is 162 cm³/mol. The lowest BCUT2D eigenvalue weighted by Gasteiger charge is -2.59. The molecule has 2 aliphatic carbocycles. The van der Waals surface area contributed by atoms with Crippen LogP contribution in [0.1, 0.15) is 49.4 Å². The second kappa shape index (κ2) is 10.6. The number of amides is 1. The van der Waals surface area contributed by atoms with Crippen LogP contribution in [0, 0.1) is 19.3 Å². The summed E-state index contributed by atoms with van der Waals surface area (Å²) in [5.41, 5.74) is 5.01. The summed E-state index contributed by atoms with van der Waals surface area (Å²) in [7, 11) is 0. The number of hydrogen-bond donors (Lipinski definition) is 1. The number of nitrogens with one attached hydrogen (secondary N) is 1. The number of benzene rings is 1. The number of piperazine rings is 1. The fourth-order valence-corrected chi connectivity index (χ4v) is 8.32. The largest absolute Gasteiger partial charge is 0.346 e.